The van der Waals surface area contributed by atoms with E-state index in [4.69, 9.17) is 10.6 Å². The van der Waals surface area contributed by atoms with Crippen molar-refractivity contribution in [2.75, 3.05) is 6.61 Å². The summed E-state index contributed by atoms with van der Waals surface area (Å²) in [6, 6.07) is 0.178. The van der Waals surface area contributed by atoms with E-state index in [-0.39, 0.29) is 6.04 Å². The van der Waals surface area contributed by atoms with Crippen LogP contribution in [0.3, 0.4) is 0 Å². The molecule has 0 radical (unpaired) electrons. The lowest BCUT2D eigenvalue weighted by atomic mass is 9.94. The topological polar surface area (TPSA) is 47.3 Å². The normalized spacial score (nSPS) is 23.0. The van der Waals surface area contributed by atoms with Gasteiger partial charge in [0.15, 0.2) is 0 Å². The Morgan fingerprint density at radius 2 is 2.27 bits per heavy atom. The number of nitrogens with two attached hydrogens (primary N) is 1. The average molecular weight is 208 g/mol. The first-order chi connectivity index (χ1) is 7.40. The molecule has 84 valence electrons. The molecule has 15 heavy (non-hydrogen) atoms. The molecule has 0 aromatic carbocycles. The molecule has 1 unspecified atom stereocenters. The third-order valence-corrected chi connectivity index (χ3v) is 3.13. The lowest BCUT2D eigenvalue weighted by molar-refractivity contribution is 0.214. The maximum absolute atomic E-state index is 5.57. The zero-order chi connectivity index (χ0) is 10.5. The highest BCUT2D eigenvalue weighted by molar-refractivity contribution is 5.15. The number of hydrazine groups is 1. The first-order valence-electron chi connectivity index (χ1n) is 5.87. The molecule has 1 atom stereocenters. The van der Waals surface area contributed by atoms with Crippen LogP contribution in [0.15, 0.2) is 23.5 Å². The Balaban J connectivity index is 1.92. The fourth-order valence-electron chi connectivity index (χ4n) is 2.27. The van der Waals surface area contributed by atoms with Gasteiger partial charge in [0.1, 0.15) is 5.76 Å². The van der Waals surface area contributed by atoms with E-state index < -0.39 is 0 Å². The van der Waals surface area contributed by atoms with E-state index in [9.17, 15) is 0 Å². The standard InChI is InChI=1S/C12H20N2O/c13-14-11(12-7-4-8-15-12)9-10-5-2-1-3-6-10/h5,7,11,14H,1-4,6,8-9,13H2. The second-order valence-corrected chi connectivity index (χ2v) is 4.28. The first-order valence-corrected chi connectivity index (χ1v) is 5.87. The van der Waals surface area contributed by atoms with E-state index in [1.165, 1.54) is 31.3 Å². The van der Waals surface area contributed by atoms with Crippen LogP contribution in [0.1, 0.15) is 38.5 Å². The molecule has 1 aliphatic carbocycles. The maximum Gasteiger partial charge on any atom is 0.111 e. The van der Waals surface area contributed by atoms with Crippen LogP contribution in [0.25, 0.3) is 0 Å². The van der Waals surface area contributed by atoms with Crippen LogP contribution in [-0.2, 0) is 4.74 Å². The van der Waals surface area contributed by atoms with E-state index in [1.807, 2.05) is 0 Å². The Labute approximate surface area is 91.3 Å². The van der Waals surface area contributed by atoms with Crippen molar-refractivity contribution in [3.05, 3.63) is 23.5 Å². The van der Waals surface area contributed by atoms with Gasteiger partial charge in [0.2, 0.25) is 0 Å². The number of rotatable bonds is 4. The lowest BCUT2D eigenvalue weighted by Crippen LogP contribution is -2.37. The van der Waals surface area contributed by atoms with Gasteiger partial charge in [-0.3, -0.25) is 5.84 Å². The van der Waals surface area contributed by atoms with E-state index in [1.54, 1.807) is 0 Å². The highest BCUT2D eigenvalue weighted by Crippen LogP contribution is 2.25. The molecular formula is C12H20N2O. The minimum absolute atomic E-state index is 0.178. The summed E-state index contributed by atoms with van der Waals surface area (Å²) in [5.41, 5.74) is 4.39. The Kier molecular flexibility index (Phi) is 3.80. The summed E-state index contributed by atoms with van der Waals surface area (Å²) in [7, 11) is 0. The molecule has 2 rings (SSSR count). The SMILES string of the molecule is NNC(CC1=CCCCC1)C1=CCCO1. The van der Waals surface area contributed by atoms with Gasteiger partial charge >= 0.3 is 0 Å². The van der Waals surface area contributed by atoms with Crippen LogP contribution < -0.4 is 11.3 Å². The van der Waals surface area contributed by atoms with Crippen LogP contribution in [0, 0.1) is 0 Å². The fraction of sp³-hybridized carbons (Fsp3) is 0.667. The molecule has 0 saturated carbocycles. The molecule has 3 heteroatoms. The summed E-state index contributed by atoms with van der Waals surface area (Å²) in [4.78, 5) is 0. The van der Waals surface area contributed by atoms with Gasteiger partial charge in [0.05, 0.1) is 12.6 Å². The van der Waals surface area contributed by atoms with Gasteiger partial charge < -0.3 is 4.74 Å². The molecule has 0 amide bonds. The molecule has 1 aliphatic heterocycles. The van der Waals surface area contributed by atoms with Crippen LogP contribution in [0.2, 0.25) is 0 Å². The maximum atomic E-state index is 5.57. The van der Waals surface area contributed by atoms with Crippen molar-refractivity contribution in [1.29, 1.82) is 0 Å². The zero-order valence-electron chi connectivity index (χ0n) is 9.17. The van der Waals surface area contributed by atoms with E-state index in [2.05, 4.69) is 17.6 Å². The number of allylic oxidation sites excluding steroid dienone is 1. The Morgan fingerprint density at radius 1 is 1.33 bits per heavy atom. The van der Waals surface area contributed by atoms with Crippen molar-refractivity contribution in [1.82, 2.24) is 5.43 Å². The molecule has 3 nitrogen and oxygen atoms in total. The monoisotopic (exact) mass is 208 g/mol. The van der Waals surface area contributed by atoms with Gasteiger partial charge in [-0.25, -0.2) is 5.43 Å². The van der Waals surface area contributed by atoms with E-state index in [0.717, 1.165) is 25.2 Å². The van der Waals surface area contributed by atoms with Gasteiger partial charge in [-0.05, 0) is 38.2 Å². The summed E-state index contributed by atoms with van der Waals surface area (Å²) >= 11 is 0. The second-order valence-electron chi connectivity index (χ2n) is 4.28. The van der Waals surface area contributed by atoms with Crippen molar-refractivity contribution in [2.24, 2.45) is 5.84 Å². The fourth-order valence-corrected chi connectivity index (χ4v) is 2.27. The minimum Gasteiger partial charge on any atom is -0.496 e. The molecule has 3 N–H and O–H groups in total. The summed E-state index contributed by atoms with van der Waals surface area (Å²) in [5, 5.41) is 0. The third kappa shape index (κ3) is 2.83. The molecule has 0 fully saturated rings. The predicted octanol–water partition coefficient (Wildman–Crippen LogP) is 2.01. The summed E-state index contributed by atoms with van der Waals surface area (Å²) in [5.74, 6) is 6.60. The number of hydrogen-bond donors (Lipinski definition) is 2. The van der Waals surface area contributed by atoms with Crippen LogP contribution in [0.4, 0.5) is 0 Å². The van der Waals surface area contributed by atoms with E-state index >= 15 is 0 Å². The molecule has 0 spiro atoms. The molecule has 0 saturated heterocycles. The minimum atomic E-state index is 0.178. The lowest BCUT2D eigenvalue weighted by Gasteiger charge is -2.20. The summed E-state index contributed by atoms with van der Waals surface area (Å²) in [6.45, 7) is 0.812. The molecule has 0 bridgehead atoms. The van der Waals surface area contributed by atoms with Crippen molar-refractivity contribution in [2.45, 2.75) is 44.6 Å². The smallest absolute Gasteiger partial charge is 0.111 e. The molecule has 1 heterocycles. The third-order valence-electron chi connectivity index (χ3n) is 3.13. The number of hydrogen-bond acceptors (Lipinski definition) is 3. The zero-order valence-corrected chi connectivity index (χ0v) is 9.17. The van der Waals surface area contributed by atoms with Gasteiger partial charge in [0.25, 0.3) is 0 Å². The van der Waals surface area contributed by atoms with Crippen molar-refractivity contribution in [3.63, 3.8) is 0 Å². The summed E-state index contributed by atoms with van der Waals surface area (Å²) < 4.78 is 5.54. The Bertz CT molecular complexity index is 271. The number of nitrogens with one attached hydrogen (secondary N) is 1. The quantitative estimate of drug-likeness (QED) is 0.422. The highest BCUT2D eigenvalue weighted by atomic mass is 16.5. The van der Waals surface area contributed by atoms with Gasteiger partial charge in [-0.1, -0.05) is 11.6 Å². The summed E-state index contributed by atoms with van der Waals surface area (Å²) in [6.07, 6.45) is 11.6. The van der Waals surface area contributed by atoms with Crippen LogP contribution in [-0.4, -0.2) is 12.6 Å². The second kappa shape index (κ2) is 5.33. The van der Waals surface area contributed by atoms with Crippen LogP contribution in [0.5, 0.6) is 0 Å². The molecule has 0 aromatic rings. The predicted molar refractivity (Wildman–Crippen MR) is 60.9 cm³/mol. The average Bonchev–Trinajstić information content (AvgIpc) is 2.81. The van der Waals surface area contributed by atoms with Crippen molar-refractivity contribution >= 4 is 0 Å². The Morgan fingerprint density at radius 3 is 2.87 bits per heavy atom. The molecular weight excluding hydrogens is 188 g/mol. The van der Waals surface area contributed by atoms with Gasteiger partial charge in [-0.15, -0.1) is 0 Å². The number of ether oxygens (including phenoxy) is 1. The van der Waals surface area contributed by atoms with Gasteiger partial charge in [-0.2, -0.15) is 0 Å². The molecule has 2 aliphatic rings. The van der Waals surface area contributed by atoms with Crippen molar-refractivity contribution < 1.29 is 4.74 Å². The molecule has 0 aromatic heterocycles. The highest BCUT2D eigenvalue weighted by Gasteiger charge is 2.19. The Hall–Kier alpha value is -0.800. The largest absolute Gasteiger partial charge is 0.496 e. The first kappa shape index (κ1) is 10.7. The van der Waals surface area contributed by atoms with Crippen LogP contribution >= 0.6 is 0 Å². The van der Waals surface area contributed by atoms with Gasteiger partial charge in [0, 0.05) is 6.42 Å². The van der Waals surface area contributed by atoms with E-state index in [0.29, 0.717) is 0 Å². The van der Waals surface area contributed by atoms with Crippen molar-refractivity contribution in [3.8, 4) is 0 Å².